The molecular formula is C13H17ClFN. The molecule has 0 saturated heterocycles. The Kier molecular flexibility index (Phi) is 3.70. The zero-order valence-electron chi connectivity index (χ0n) is 9.47. The van der Waals surface area contributed by atoms with Gasteiger partial charge >= 0.3 is 0 Å². The van der Waals surface area contributed by atoms with Crippen LogP contribution in [0.5, 0.6) is 0 Å². The van der Waals surface area contributed by atoms with E-state index in [1.807, 2.05) is 0 Å². The lowest BCUT2D eigenvalue weighted by atomic mass is 9.87. The molecule has 0 radical (unpaired) electrons. The van der Waals surface area contributed by atoms with E-state index < -0.39 is 0 Å². The van der Waals surface area contributed by atoms with Gasteiger partial charge in [0.05, 0.1) is 0 Å². The Morgan fingerprint density at radius 1 is 1.31 bits per heavy atom. The Morgan fingerprint density at radius 3 is 2.81 bits per heavy atom. The van der Waals surface area contributed by atoms with E-state index in [-0.39, 0.29) is 5.82 Å². The molecule has 1 fully saturated rings. The van der Waals surface area contributed by atoms with Gasteiger partial charge in [-0.25, -0.2) is 4.39 Å². The molecule has 0 heterocycles. The summed E-state index contributed by atoms with van der Waals surface area (Å²) < 4.78 is 13.1. The lowest BCUT2D eigenvalue weighted by Crippen LogP contribution is -2.26. The van der Waals surface area contributed by atoms with Gasteiger partial charge in [-0.1, -0.05) is 31.4 Å². The molecule has 1 saturated carbocycles. The quantitative estimate of drug-likeness (QED) is 0.806. The summed E-state index contributed by atoms with van der Waals surface area (Å²) in [5.41, 5.74) is 0.795. The van der Waals surface area contributed by atoms with Crippen LogP contribution in [0, 0.1) is 11.7 Å². The summed E-state index contributed by atoms with van der Waals surface area (Å²) in [5.74, 6) is 0.481. The van der Waals surface area contributed by atoms with Crippen LogP contribution in [0.4, 0.5) is 10.1 Å². The molecule has 0 amide bonds. The minimum atomic E-state index is -0.279. The van der Waals surface area contributed by atoms with E-state index in [0.717, 1.165) is 18.0 Å². The molecule has 1 aliphatic carbocycles. The topological polar surface area (TPSA) is 12.0 Å². The minimum absolute atomic E-state index is 0.279. The van der Waals surface area contributed by atoms with E-state index in [0.29, 0.717) is 11.1 Å². The van der Waals surface area contributed by atoms with Crippen molar-refractivity contribution >= 4 is 17.3 Å². The number of halogens is 2. The second-order valence-corrected chi connectivity index (χ2v) is 5.21. The van der Waals surface area contributed by atoms with E-state index >= 15 is 0 Å². The molecule has 2 rings (SSSR count). The monoisotopic (exact) mass is 241 g/mol. The summed E-state index contributed by atoms with van der Waals surface area (Å²) in [6.07, 6.45) is 4.89. The van der Waals surface area contributed by atoms with Crippen molar-refractivity contribution in [2.75, 3.05) is 5.32 Å². The van der Waals surface area contributed by atoms with Gasteiger partial charge in [0.25, 0.3) is 0 Å². The van der Waals surface area contributed by atoms with Gasteiger partial charge in [-0.3, -0.25) is 0 Å². The van der Waals surface area contributed by atoms with Gasteiger partial charge in [0.1, 0.15) is 5.82 Å². The fraction of sp³-hybridized carbons (Fsp3) is 0.538. The van der Waals surface area contributed by atoms with Crippen LogP contribution in [0.1, 0.15) is 32.6 Å². The molecule has 0 aromatic heterocycles. The van der Waals surface area contributed by atoms with Gasteiger partial charge in [-0.05, 0) is 37.0 Å². The van der Waals surface area contributed by atoms with E-state index in [1.165, 1.54) is 31.4 Å². The maximum Gasteiger partial charge on any atom is 0.126 e. The zero-order chi connectivity index (χ0) is 11.5. The van der Waals surface area contributed by atoms with Crippen LogP contribution in [0.2, 0.25) is 5.02 Å². The number of hydrogen-bond donors (Lipinski definition) is 1. The van der Waals surface area contributed by atoms with Gasteiger partial charge in [0.2, 0.25) is 0 Å². The molecule has 0 spiro atoms. The number of anilines is 1. The van der Waals surface area contributed by atoms with Crippen LogP contribution in [0.3, 0.4) is 0 Å². The van der Waals surface area contributed by atoms with Crippen LogP contribution in [-0.4, -0.2) is 6.04 Å². The van der Waals surface area contributed by atoms with Crippen molar-refractivity contribution in [2.24, 2.45) is 5.92 Å². The minimum Gasteiger partial charge on any atom is -0.382 e. The first kappa shape index (κ1) is 11.7. The molecular weight excluding hydrogens is 225 g/mol. The Balaban J connectivity index is 2.02. The SMILES string of the molecule is CC1CCCC(Nc2cc(F)cc(Cl)c2)C1. The Labute approximate surface area is 101 Å². The van der Waals surface area contributed by atoms with Crippen molar-refractivity contribution in [3.8, 4) is 0 Å². The van der Waals surface area contributed by atoms with Crippen molar-refractivity contribution in [3.05, 3.63) is 29.0 Å². The fourth-order valence-electron chi connectivity index (χ4n) is 2.44. The molecule has 88 valence electrons. The average Bonchev–Trinajstić information content (AvgIpc) is 2.15. The summed E-state index contributed by atoms with van der Waals surface area (Å²) in [5, 5.41) is 3.82. The summed E-state index contributed by atoms with van der Waals surface area (Å²) in [6, 6.07) is 5.08. The second kappa shape index (κ2) is 5.05. The molecule has 0 aliphatic heterocycles. The normalized spacial score (nSPS) is 25.4. The van der Waals surface area contributed by atoms with Crippen LogP contribution in [0.25, 0.3) is 0 Å². The van der Waals surface area contributed by atoms with Crippen molar-refractivity contribution < 1.29 is 4.39 Å². The summed E-state index contributed by atoms with van der Waals surface area (Å²) in [4.78, 5) is 0. The Hall–Kier alpha value is -0.760. The van der Waals surface area contributed by atoms with E-state index in [9.17, 15) is 4.39 Å². The molecule has 1 aromatic carbocycles. The van der Waals surface area contributed by atoms with Crippen molar-refractivity contribution in [3.63, 3.8) is 0 Å². The third kappa shape index (κ3) is 3.11. The van der Waals surface area contributed by atoms with Crippen molar-refractivity contribution in [2.45, 2.75) is 38.6 Å². The van der Waals surface area contributed by atoms with Gasteiger partial charge in [-0.2, -0.15) is 0 Å². The van der Waals surface area contributed by atoms with Crippen LogP contribution >= 0.6 is 11.6 Å². The lowest BCUT2D eigenvalue weighted by molar-refractivity contribution is 0.358. The predicted octanol–water partition coefficient (Wildman–Crippen LogP) is 4.47. The van der Waals surface area contributed by atoms with E-state index in [1.54, 1.807) is 6.07 Å². The highest BCUT2D eigenvalue weighted by molar-refractivity contribution is 6.30. The second-order valence-electron chi connectivity index (χ2n) is 4.77. The standard InChI is InChI=1S/C13H17ClFN/c1-9-3-2-4-12(5-9)16-13-7-10(14)6-11(15)8-13/h6-9,12,16H,2-5H2,1H3. The van der Waals surface area contributed by atoms with Crippen LogP contribution in [0.15, 0.2) is 18.2 Å². The van der Waals surface area contributed by atoms with Gasteiger partial charge in [0.15, 0.2) is 0 Å². The third-order valence-electron chi connectivity index (χ3n) is 3.17. The molecule has 0 bridgehead atoms. The first-order chi connectivity index (χ1) is 7.63. The maximum absolute atomic E-state index is 13.1. The predicted molar refractivity (Wildman–Crippen MR) is 66.5 cm³/mol. The first-order valence-electron chi connectivity index (χ1n) is 5.86. The summed E-state index contributed by atoms with van der Waals surface area (Å²) in [7, 11) is 0. The van der Waals surface area contributed by atoms with Gasteiger partial charge in [0, 0.05) is 16.8 Å². The van der Waals surface area contributed by atoms with Gasteiger partial charge in [-0.15, -0.1) is 0 Å². The summed E-state index contributed by atoms with van der Waals surface area (Å²) >= 11 is 5.82. The molecule has 16 heavy (non-hydrogen) atoms. The average molecular weight is 242 g/mol. The Morgan fingerprint density at radius 2 is 2.12 bits per heavy atom. The maximum atomic E-state index is 13.1. The van der Waals surface area contributed by atoms with Gasteiger partial charge < -0.3 is 5.32 Å². The van der Waals surface area contributed by atoms with E-state index in [2.05, 4.69) is 12.2 Å². The zero-order valence-corrected chi connectivity index (χ0v) is 10.2. The third-order valence-corrected chi connectivity index (χ3v) is 3.39. The smallest absolute Gasteiger partial charge is 0.126 e. The Bertz CT molecular complexity index is 347. The molecule has 3 heteroatoms. The fourth-order valence-corrected chi connectivity index (χ4v) is 2.66. The number of hydrogen-bond acceptors (Lipinski definition) is 1. The number of benzene rings is 1. The highest BCUT2D eigenvalue weighted by Crippen LogP contribution is 2.27. The van der Waals surface area contributed by atoms with Crippen LogP contribution in [-0.2, 0) is 0 Å². The van der Waals surface area contributed by atoms with Crippen molar-refractivity contribution in [1.29, 1.82) is 0 Å². The largest absolute Gasteiger partial charge is 0.382 e. The molecule has 1 aliphatic rings. The lowest BCUT2D eigenvalue weighted by Gasteiger charge is -2.28. The van der Waals surface area contributed by atoms with Crippen molar-refractivity contribution in [1.82, 2.24) is 0 Å². The van der Waals surface area contributed by atoms with Crippen LogP contribution < -0.4 is 5.32 Å². The first-order valence-corrected chi connectivity index (χ1v) is 6.24. The molecule has 1 N–H and O–H groups in total. The molecule has 2 atom stereocenters. The van der Waals surface area contributed by atoms with E-state index in [4.69, 9.17) is 11.6 Å². The summed E-state index contributed by atoms with van der Waals surface area (Å²) in [6.45, 7) is 2.27. The molecule has 1 aromatic rings. The number of nitrogens with one attached hydrogen (secondary N) is 1. The number of rotatable bonds is 2. The highest BCUT2D eigenvalue weighted by atomic mass is 35.5. The molecule has 2 unspecified atom stereocenters. The molecule has 1 nitrogen and oxygen atoms in total. The highest BCUT2D eigenvalue weighted by Gasteiger charge is 2.18.